The summed E-state index contributed by atoms with van der Waals surface area (Å²) in [7, 11) is 0. The number of phenolic OH excluding ortho intramolecular Hbond substituents is 1. The number of carbonyl (C=O) groups excluding carboxylic acids is 3. The van der Waals surface area contributed by atoms with Gasteiger partial charge in [0.2, 0.25) is 17.7 Å². The standard InChI is InChI=1S/C23H34N4O7S/c1-13(28)19(24)21(31)26-17(12-14-5-7-15(29)8-6-14)20(30)25-16(9-11-35-2)22(32)27-10-3-4-18(27)23(33)34/h5-8,13,16-19,28-29H,3-4,9-12,24H2,1-2H3,(H,25,30)(H,26,31)(H,33,34). The van der Waals surface area contributed by atoms with Crippen LogP contribution in [-0.2, 0) is 25.6 Å². The number of hydrogen-bond donors (Lipinski definition) is 6. The number of thioether (sulfide) groups is 1. The number of nitrogens with one attached hydrogen (secondary N) is 2. The van der Waals surface area contributed by atoms with Gasteiger partial charge in [-0.25, -0.2) is 4.79 Å². The third-order valence-electron chi connectivity index (χ3n) is 5.88. The molecule has 7 N–H and O–H groups in total. The number of aromatic hydroxyl groups is 1. The molecule has 1 aliphatic heterocycles. The van der Waals surface area contributed by atoms with Crippen molar-refractivity contribution in [1.82, 2.24) is 15.5 Å². The molecule has 0 aliphatic carbocycles. The average molecular weight is 511 g/mol. The molecule has 194 valence electrons. The Balaban J connectivity index is 2.24. The van der Waals surface area contributed by atoms with Gasteiger partial charge in [0.1, 0.15) is 29.9 Å². The highest BCUT2D eigenvalue weighted by Gasteiger charge is 2.38. The number of aliphatic carboxylic acids is 1. The van der Waals surface area contributed by atoms with Gasteiger partial charge in [0.15, 0.2) is 0 Å². The van der Waals surface area contributed by atoms with Gasteiger partial charge in [0.05, 0.1) is 6.10 Å². The zero-order valence-corrected chi connectivity index (χ0v) is 20.7. The summed E-state index contributed by atoms with van der Waals surface area (Å²) in [5, 5.41) is 33.9. The molecular formula is C23H34N4O7S. The van der Waals surface area contributed by atoms with Crippen molar-refractivity contribution in [1.29, 1.82) is 0 Å². The Bertz CT molecular complexity index is 896. The molecule has 1 fully saturated rings. The smallest absolute Gasteiger partial charge is 0.326 e. The number of nitrogens with zero attached hydrogens (tertiary/aromatic N) is 1. The number of nitrogens with two attached hydrogens (primary N) is 1. The Kier molecular flexibility index (Phi) is 10.8. The SMILES string of the molecule is CSCCC(NC(=O)C(Cc1ccc(O)cc1)NC(=O)C(N)C(C)O)C(=O)N1CCCC1C(=O)O. The number of likely N-dealkylation sites (tertiary alicyclic amines) is 1. The maximum Gasteiger partial charge on any atom is 0.326 e. The molecule has 2 rings (SSSR count). The largest absolute Gasteiger partial charge is 0.508 e. The van der Waals surface area contributed by atoms with E-state index in [4.69, 9.17) is 5.73 Å². The molecule has 1 aliphatic rings. The van der Waals surface area contributed by atoms with Gasteiger partial charge in [-0.15, -0.1) is 0 Å². The Labute approximate surface area is 208 Å². The first-order valence-electron chi connectivity index (χ1n) is 11.4. The van der Waals surface area contributed by atoms with E-state index in [1.807, 2.05) is 6.26 Å². The molecular weight excluding hydrogens is 476 g/mol. The minimum Gasteiger partial charge on any atom is -0.508 e. The first-order chi connectivity index (χ1) is 16.5. The lowest BCUT2D eigenvalue weighted by atomic mass is 10.0. The number of phenols is 1. The Morgan fingerprint density at radius 2 is 1.77 bits per heavy atom. The van der Waals surface area contributed by atoms with Crippen molar-refractivity contribution >= 4 is 35.5 Å². The summed E-state index contributed by atoms with van der Waals surface area (Å²) in [5.41, 5.74) is 6.35. The molecule has 1 aromatic carbocycles. The first-order valence-corrected chi connectivity index (χ1v) is 12.8. The minimum atomic E-state index is -1.26. The summed E-state index contributed by atoms with van der Waals surface area (Å²) in [4.78, 5) is 51.8. The summed E-state index contributed by atoms with van der Waals surface area (Å²) in [6, 6.07) is 1.76. The van der Waals surface area contributed by atoms with Crippen molar-refractivity contribution < 1.29 is 34.5 Å². The van der Waals surface area contributed by atoms with Gasteiger partial charge >= 0.3 is 5.97 Å². The van der Waals surface area contributed by atoms with E-state index in [-0.39, 0.29) is 18.6 Å². The van der Waals surface area contributed by atoms with Crippen molar-refractivity contribution in [2.75, 3.05) is 18.6 Å². The number of carboxylic acids is 1. The quantitative estimate of drug-likeness (QED) is 0.215. The van der Waals surface area contributed by atoms with Gasteiger partial charge in [-0.1, -0.05) is 12.1 Å². The second kappa shape index (κ2) is 13.3. The molecule has 11 nitrogen and oxygen atoms in total. The lowest BCUT2D eigenvalue weighted by Crippen LogP contribution is -2.58. The van der Waals surface area contributed by atoms with Gasteiger partial charge < -0.3 is 36.6 Å². The van der Waals surface area contributed by atoms with Crippen molar-refractivity contribution in [2.24, 2.45) is 5.73 Å². The fourth-order valence-corrected chi connectivity index (χ4v) is 4.29. The van der Waals surface area contributed by atoms with Crippen molar-refractivity contribution in [3.63, 3.8) is 0 Å². The Morgan fingerprint density at radius 1 is 1.14 bits per heavy atom. The van der Waals surface area contributed by atoms with E-state index in [2.05, 4.69) is 10.6 Å². The number of amides is 3. The van der Waals surface area contributed by atoms with E-state index in [1.165, 1.54) is 35.7 Å². The molecule has 1 aromatic rings. The minimum absolute atomic E-state index is 0.0370. The van der Waals surface area contributed by atoms with Gasteiger partial charge in [0, 0.05) is 13.0 Å². The highest BCUT2D eigenvalue weighted by atomic mass is 32.2. The highest BCUT2D eigenvalue weighted by molar-refractivity contribution is 7.98. The van der Waals surface area contributed by atoms with Crippen molar-refractivity contribution in [3.8, 4) is 5.75 Å². The maximum absolute atomic E-state index is 13.3. The molecule has 35 heavy (non-hydrogen) atoms. The third-order valence-corrected chi connectivity index (χ3v) is 6.52. The van der Waals surface area contributed by atoms with Crippen molar-refractivity contribution in [2.45, 2.75) is 62.9 Å². The van der Waals surface area contributed by atoms with Crippen LogP contribution in [0.5, 0.6) is 5.75 Å². The molecule has 0 saturated carbocycles. The number of carbonyl (C=O) groups is 4. The Morgan fingerprint density at radius 3 is 2.34 bits per heavy atom. The van der Waals surface area contributed by atoms with Crippen LogP contribution in [0.3, 0.4) is 0 Å². The number of aliphatic hydroxyl groups excluding tert-OH is 1. The average Bonchev–Trinajstić information content (AvgIpc) is 3.31. The van der Waals surface area contributed by atoms with Crippen LogP contribution in [0.2, 0.25) is 0 Å². The van der Waals surface area contributed by atoms with Crippen LogP contribution in [0, 0.1) is 0 Å². The molecule has 1 saturated heterocycles. The lowest BCUT2D eigenvalue weighted by molar-refractivity contribution is -0.149. The molecule has 5 atom stereocenters. The summed E-state index contributed by atoms with van der Waals surface area (Å²) < 4.78 is 0. The van der Waals surface area contributed by atoms with Crippen LogP contribution in [0.15, 0.2) is 24.3 Å². The second-order valence-electron chi connectivity index (χ2n) is 8.57. The molecule has 3 amide bonds. The fraction of sp³-hybridized carbons (Fsp3) is 0.565. The number of carboxylic acid groups (broad SMARTS) is 1. The van der Waals surface area contributed by atoms with Crippen LogP contribution in [0.4, 0.5) is 0 Å². The lowest BCUT2D eigenvalue weighted by Gasteiger charge is -2.29. The predicted octanol–water partition coefficient (Wildman–Crippen LogP) is -0.559. The van der Waals surface area contributed by atoms with Crippen molar-refractivity contribution in [3.05, 3.63) is 29.8 Å². The topological polar surface area (TPSA) is 182 Å². The van der Waals surface area contributed by atoms with Gasteiger partial charge in [-0.05, 0) is 55.9 Å². The number of benzene rings is 1. The summed E-state index contributed by atoms with van der Waals surface area (Å²) in [5.74, 6) is -2.37. The van der Waals surface area contributed by atoms with Crippen LogP contribution in [-0.4, -0.2) is 92.7 Å². The third kappa shape index (κ3) is 8.11. The molecule has 0 radical (unpaired) electrons. The number of aliphatic hydroxyl groups is 1. The van der Waals surface area contributed by atoms with E-state index in [0.29, 0.717) is 30.7 Å². The van der Waals surface area contributed by atoms with E-state index in [1.54, 1.807) is 12.1 Å². The number of hydrogen-bond acceptors (Lipinski definition) is 8. The molecule has 0 spiro atoms. The van der Waals surface area contributed by atoms with Gasteiger partial charge in [-0.3, -0.25) is 14.4 Å². The van der Waals surface area contributed by atoms with Gasteiger partial charge in [0.25, 0.3) is 0 Å². The van der Waals surface area contributed by atoms with E-state index >= 15 is 0 Å². The zero-order chi connectivity index (χ0) is 26.1. The Hall–Kier alpha value is -2.83. The fourth-order valence-electron chi connectivity index (χ4n) is 3.82. The highest BCUT2D eigenvalue weighted by Crippen LogP contribution is 2.20. The summed E-state index contributed by atoms with van der Waals surface area (Å²) >= 11 is 1.48. The van der Waals surface area contributed by atoms with E-state index in [0.717, 1.165) is 0 Å². The van der Waals surface area contributed by atoms with E-state index < -0.39 is 54.0 Å². The van der Waals surface area contributed by atoms with Gasteiger partial charge in [-0.2, -0.15) is 11.8 Å². The van der Waals surface area contributed by atoms with Crippen LogP contribution >= 0.6 is 11.8 Å². The second-order valence-corrected chi connectivity index (χ2v) is 9.55. The molecule has 1 heterocycles. The maximum atomic E-state index is 13.3. The molecule has 12 heteroatoms. The molecule has 0 bridgehead atoms. The van der Waals surface area contributed by atoms with Crippen LogP contribution in [0.25, 0.3) is 0 Å². The van der Waals surface area contributed by atoms with Crippen LogP contribution in [0.1, 0.15) is 31.7 Å². The molecule has 0 aromatic heterocycles. The van der Waals surface area contributed by atoms with Crippen LogP contribution < -0.4 is 16.4 Å². The predicted molar refractivity (Wildman–Crippen MR) is 131 cm³/mol. The normalized spacial score (nSPS) is 18.9. The number of rotatable bonds is 12. The summed E-state index contributed by atoms with van der Waals surface area (Å²) in [6.07, 6.45) is 1.93. The monoisotopic (exact) mass is 510 g/mol. The summed E-state index contributed by atoms with van der Waals surface area (Å²) in [6.45, 7) is 1.64. The first kappa shape index (κ1) is 28.4. The van der Waals surface area contributed by atoms with E-state index in [9.17, 15) is 34.5 Å². The molecule has 5 unspecified atom stereocenters. The zero-order valence-electron chi connectivity index (χ0n) is 19.8.